The van der Waals surface area contributed by atoms with E-state index >= 15 is 0 Å². The molecule has 0 bridgehead atoms. The van der Waals surface area contributed by atoms with Crippen molar-refractivity contribution in [1.29, 1.82) is 0 Å². The monoisotopic (exact) mass is 333 g/mol. The van der Waals surface area contributed by atoms with Crippen molar-refractivity contribution in [1.82, 2.24) is 20.3 Å². The Hall–Kier alpha value is -3.48. The number of carbonyl (C=O) groups excluding carboxylic acids is 2. The minimum absolute atomic E-state index is 0.126. The zero-order valence-electron chi connectivity index (χ0n) is 13.2. The maximum absolute atomic E-state index is 12.7. The molecule has 3 aromatic rings. The van der Waals surface area contributed by atoms with Crippen molar-refractivity contribution in [2.24, 2.45) is 0 Å². The molecule has 1 aliphatic heterocycles. The Bertz CT molecular complexity index is 935. The molecule has 7 heteroatoms. The Labute approximate surface area is 143 Å². The second kappa shape index (κ2) is 6.20. The molecule has 0 saturated carbocycles. The summed E-state index contributed by atoms with van der Waals surface area (Å²) in [6.07, 6.45) is 1.60. The van der Waals surface area contributed by atoms with Crippen LogP contribution in [0.3, 0.4) is 0 Å². The zero-order valence-corrected chi connectivity index (χ0v) is 13.2. The van der Waals surface area contributed by atoms with Crippen molar-refractivity contribution in [2.45, 2.75) is 12.5 Å². The molecular formula is C18H15N5O2. The van der Waals surface area contributed by atoms with Gasteiger partial charge in [-0.15, -0.1) is 5.10 Å². The number of benzene rings is 2. The molecule has 0 spiro atoms. The molecule has 2 aromatic carbocycles. The molecule has 1 aliphatic rings. The van der Waals surface area contributed by atoms with Gasteiger partial charge in [-0.3, -0.25) is 9.59 Å². The summed E-state index contributed by atoms with van der Waals surface area (Å²) in [6.45, 7) is 0. The smallest absolute Gasteiger partial charge is 0.272 e. The second-order valence-electron chi connectivity index (χ2n) is 5.73. The van der Waals surface area contributed by atoms with E-state index in [9.17, 15) is 9.59 Å². The van der Waals surface area contributed by atoms with E-state index < -0.39 is 6.04 Å². The fourth-order valence-corrected chi connectivity index (χ4v) is 2.92. The molecule has 0 fully saturated rings. The van der Waals surface area contributed by atoms with Crippen molar-refractivity contribution >= 4 is 17.5 Å². The van der Waals surface area contributed by atoms with Crippen LogP contribution in [0.2, 0.25) is 0 Å². The fourth-order valence-electron chi connectivity index (χ4n) is 2.92. The quantitative estimate of drug-likeness (QED) is 0.768. The normalized spacial score (nSPS) is 16.0. The van der Waals surface area contributed by atoms with Crippen LogP contribution < -0.4 is 10.6 Å². The zero-order chi connectivity index (χ0) is 17.2. The SMILES string of the molecule is O=C1C[C@H](NC(=O)c2cnnn2-c2ccccc2)c2ccccc2N1. The average Bonchev–Trinajstić information content (AvgIpc) is 3.12. The van der Waals surface area contributed by atoms with Gasteiger partial charge in [0.15, 0.2) is 5.69 Å². The lowest BCUT2D eigenvalue weighted by atomic mass is 9.97. The molecule has 25 heavy (non-hydrogen) atoms. The molecule has 2 N–H and O–H groups in total. The van der Waals surface area contributed by atoms with E-state index in [1.54, 1.807) is 0 Å². The van der Waals surface area contributed by atoms with Crippen LogP contribution in [0.4, 0.5) is 5.69 Å². The number of carbonyl (C=O) groups is 2. The predicted molar refractivity (Wildman–Crippen MR) is 91.3 cm³/mol. The third-order valence-corrected chi connectivity index (χ3v) is 4.09. The number of anilines is 1. The number of rotatable bonds is 3. The predicted octanol–water partition coefficient (Wildman–Crippen LogP) is 2.08. The molecule has 2 heterocycles. The van der Waals surface area contributed by atoms with Gasteiger partial charge in [-0.05, 0) is 23.8 Å². The van der Waals surface area contributed by atoms with Crippen LogP contribution in [0.15, 0.2) is 60.8 Å². The summed E-state index contributed by atoms with van der Waals surface area (Å²) in [5, 5.41) is 13.6. The Morgan fingerprint density at radius 1 is 1.12 bits per heavy atom. The number of hydrogen-bond acceptors (Lipinski definition) is 4. The Balaban J connectivity index is 1.62. The number of aromatic nitrogens is 3. The molecule has 4 rings (SSSR count). The van der Waals surface area contributed by atoms with E-state index in [0.29, 0.717) is 5.69 Å². The summed E-state index contributed by atoms with van der Waals surface area (Å²) in [6, 6.07) is 16.3. The first-order chi connectivity index (χ1) is 12.2. The number of fused-ring (bicyclic) bond motifs is 1. The molecular weight excluding hydrogens is 318 g/mol. The largest absolute Gasteiger partial charge is 0.343 e. The van der Waals surface area contributed by atoms with Gasteiger partial charge in [0, 0.05) is 5.69 Å². The third kappa shape index (κ3) is 2.87. The number of nitrogens with zero attached hydrogens (tertiary/aromatic N) is 3. The molecule has 0 radical (unpaired) electrons. The molecule has 0 saturated heterocycles. The van der Waals surface area contributed by atoms with E-state index in [0.717, 1.165) is 16.9 Å². The second-order valence-corrected chi connectivity index (χ2v) is 5.73. The Morgan fingerprint density at radius 2 is 1.88 bits per heavy atom. The lowest BCUT2D eigenvalue weighted by molar-refractivity contribution is -0.116. The summed E-state index contributed by atoms with van der Waals surface area (Å²) in [5.41, 5.74) is 2.66. The van der Waals surface area contributed by atoms with Crippen molar-refractivity contribution in [2.75, 3.05) is 5.32 Å². The van der Waals surface area contributed by atoms with Crippen molar-refractivity contribution in [3.8, 4) is 5.69 Å². The molecule has 1 aromatic heterocycles. The third-order valence-electron chi connectivity index (χ3n) is 4.09. The molecule has 0 unspecified atom stereocenters. The first-order valence-electron chi connectivity index (χ1n) is 7.88. The van der Waals surface area contributed by atoms with Gasteiger partial charge in [-0.1, -0.05) is 41.6 Å². The lowest BCUT2D eigenvalue weighted by Gasteiger charge is -2.26. The highest BCUT2D eigenvalue weighted by Crippen LogP contribution is 2.30. The highest BCUT2D eigenvalue weighted by molar-refractivity contribution is 5.97. The van der Waals surface area contributed by atoms with Gasteiger partial charge in [0.25, 0.3) is 5.91 Å². The van der Waals surface area contributed by atoms with Gasteiger partial charge in [-0.25, -0.2) is 4.68 Å². The summed E-state index contributed by atoms with van der Waals surface area (Å²) in [7, 11) is 0. The first kappa shape index (κ1) is 15.1. The van der Waals surface area contributed by atoms with Crippen LogP contribution in [-0.2, 0) is 4.79 Å². The van der Waals surface area contributed by atoms with Crippen LogP contribution in [0, 0.1) is 0 Å². The van der Waals surface area contributed by atoms with E-state index in [1.165, 1.54) is 10.9 Å². The minimum atomic E-state index is -0.392. The molecule has 124 valence electrons. The standard InChI is InChI=1S/C18H15N5O2/c24-17-10-15(13-8-4-5-9-14(13)20-17)21-18(25)16-11-19-22-23(16)12-6-2-1-3-7-12/h1-9,11,15H,10H2,(H,20,24)(H,21,25)/t15-/m0/s1. The summed E-state index contributed by atoms with van der Waals surface area (Å²) >= 11 is 0. The van der Waals surface area contributed by atoms with Crippen molar-refractivity contribution in [3.63, 3.8) is 0 Å². The molecule has 2 amide bonds. The van der Waals surface area contributed by atoms with Gasteiger partial charge in [-0.2, -0.15) is 0 Å². The summed E-state index contributed by atoms with van der Waals surface area (Å²) in [5.74, 6) is -0.456. The van der Waals surface area contributed by atoms with Crippen LogP contribution in [0.5, 0.6) is 0 Å². The van der Waals surface area contributed by atoms with Crippen LogP contribution in [0.1, 0.15) is 28.5 Å². The summed E-state index contributed by atoms with van der Waals surface area (Å²) < 4.78 is 1.48. The highest BCUT2D eigenvalue weighted by Gasteiger charge is 2.27. The summed E-state index contributed by atoms with van der Waals surface area (Å²) in [4.78, 5) is 24.6. The van der Waals surface area contributed by atoms with Crippen molar-refractivity contribution < 1.29 is 9.59 Å². The van der Waals surface area contributed by atoms with Gasteiger partial charge >= 0.3 is 0 Å². The molecule has 7 nitrogen and oxygen atoms in total. The Morgan fingerprint density at radius 3 is 2.72 bits per heavy atom. The van der Waals surface area contributed by atoms with Gasteiger partial charge < -0.3 is 10.6 Å². The van der Waals surface area contributed by atoms with E-state index in [4.69, 9.17) is 0 Å². The van der Waals surface area contributed by atoms with Crippen LogP contribution >= 0.6 is 0 Å². The van der Waals surface area contributed by atoms with Gasteiger partial charge in [0.05, 0.1) is 24.3 Å². The number of nitrogens with one attached hydrogen (secondary N) is 2. The molecule has 0 aliphatic carbocycles. The maximum atomic E-state index is 12.7. The van der Waals surface area contributed by atoms with Crippen molar-refractivity contribution in [3.05, 3.63) is 72.1 Å². The maximum Gasteiger partial charge on any atom is 0.272 e. The van der Waals surface area contributed by atoms with E-state index in [1.807, 2.05) is 54.6 Å². The van der Waals surface area contributed by atoms with Crippen LogP contribution in [0.25, 0.3) is 5.69 Å². The Kier molecular flexibility index (Phi) is 3.74. The fraction of sp³-hybridized carbons (Fsp3) is 0.111. The number of para-hydroxylation sites is 2. The van der Waals surface area contributed by atoms with Crippen LogP contribution in [-0.4, -0.2) is 26.8 Å². The average molecular weight is 333 g/mol. The first-order valence-corrected chi connectivity index (χ1v) is 7.88. The minimum Gasteiger partial charge on any atom is -0.343 e. The lowest BCUT2D eigenvalue weighted by Crippen LogP contribution is -2.36. The van der Waals surface area contributed by atoms with E-state index in [2.05, 4.69) is 20.9 Å². The topological polar surface area (TPSA) is 88.9 Å². The number of hydrogen-bond donors (Lipinski definition) is 2. The highest BCUT2D eigenvalue weighted by atomic mass is 16.2. The van der Waals surface area contributed by atoms with E-state index in [-0.39, 0.29) is 18.2 Å². The van der Waals surface area contributed by atoms with Gasteiger partial charge in [0.1, 0.15) is 0 Å². The number of amides is 2. The van der Waals surface area contributed by atoms with Gasteiger partial charge in [0.2, 0.25) is 5.91 Å². The molecule has 1 atom stereocenters.